The van der Waals surface area contributed by atoms with Crippen LogP contribution < -0.4 is 10.1 Å². The van der Waals surface area contributed by atoms with E-state index in [9.17, 15) is 18.0 Å². The van der Waals surface area contributed by atoms with E-state index < -0.39 is 23.3 Å². The number of carbonyl (C=O) groups excluding carboxylic acids is 1. The number of halogens is 3. The zero-order valence-electron chi connectivity index (χ0n) is 18.6. The molecule has 4 rings (SSSR count). The molecule has 2 aromatic carbocycles. The minimum Gasteiger partial charge on any atom is -0.438 e. The van der Waals surface area contributed by atoms with Crippen molar-refractivity contribution in [2.24, 2.45) is 0 Å². The van der Waals surface area contributed by atoms with Crippen LogP contribution in [0.4, 0.5) is 18.9 Å². The predicted octanol–water partition coefficient (Wildman–Crippen LogP) is 5.82. The molecule has 10 heteroatoms. The van der Waals surface area contributed by atoms with Crippen LogP contribution in [0.3, 0.4) is 0 Å². The standard InChI is InChI=1S/C25H18F3N5O2/c1-15-5-7-18(8-6-15)33-22(25(26,27)28)20(14-31-33)23(34)32-21-10-9-19(12-16(21)2)35-24-17(13-29)4-3-11-30-24/h3-12,14H,1-2H3,(H,32,34). The van der Waals surface area contributed by atoms with E-state index in [-0.39, 0.29) is 17.1 Å². The van der Waals surface area contributed by atoms with Crippen LogP contribution in [0, 0.1) is 25.2 Å². The molecule has 0 aliphatic heterocycles. The number of rotatable bonds is 5. The molecule has 4 aromatic rings. The molecule has 176 valence electrons. The Kier molecular flexibility index (Phi) is 6.25. The fraction of sp³-hybridized carbons (Fsp3) is 0.120. The number of aryl methyl sites for hydroxylation is 2. The van der Waals surface area contributed by atoms with Gasteiger partial charge in [0.1, 0.15) is 17.4 Å². The van der Waals surface area contributed by atoms with Crippen molar-refractivity contribution in [2.45, 2.75) is 20.0 Å². The Labute approximate surface area is 198 Å². The molecule has 2 heterocycles. The number of nitriles is 1. The molecule has 1 N–H and O–H groups in total. The van der Waals surface area contributed by atoms with Crippen LogP contribution in [0.15, 0.2) is 67.0 Å². The second-order valence-corrected chi connectivity index (χ2v) is 7.65. The zero-order chi connectivity index (χ0) is 25.2. The highest BCUT2D eigenvalue weighted by molar-refractivity contribution is 6.05. The number of amides is 1. The van der Waals surface area contributed by atoms with Crippen molar-refractivity contribution in [3.63, 3.8) is 0 Å². The predicted molar refractivity (Wildman–Crippen MR) is 121 cm³/mol. The third-order valence-corrected chi connectivity index (χ3v) is 5.11. The second kappa shape index (κ2) is 9.30. The van der Waals surface area contributed by atoms with Gasteiger partial charge < -0.3 is 10.1 Å². The maximum absolute atomic E-state index is 13.9. The van der Waals surface area contributed by atoms with Crippen molar-refractivity contribution in [1.29, 1.82) is 5.26 Å². The monoisotopic (exact) mass is 477 g/mol. The molecular formula is C25H18F3N5O2. The number of pyridine rings is 1. The molecule has 2 aromatic heterocycles. The van der Waals surface area contributed by atoms with Crippen LogP contribution >= 0.6 is 0 Å². The minimum atomic E-state index is -4.82. The van der Waals surface area contributed by atoms with E-state index in [4.69, 9.17) is 10.00 Å². The lowest BCUT2D eigenvalue weighted by Crippen LogP contribution is -2.21. The van der Waals surface area contributed by atoms with E-state index in [1.54, 1.807) is 37.3 Å². The van der Waals surface area contributed by atoms with E-state index in [0.717, 1.165) is 11.8 Å². The van der Waals surface area contributed by atoms with Crippen LogP contribution in [0.25, 0.3) is 5.69 Å². The molecule has 35 heavy (non-hydrogen) atoms. The Balaban J connectivity index is 1.60. The number of nitrogens with one attached hydrogen (secondary N) is 1. The number of ether oxygens (including phenoxy) is 1. The summed E-state index contributed by atoms with van der Waals surface area (Å²) in [6.45, 7) is 3.47. The van der Waals surface area contributed by atoms with Crippen molar-refractivity contribution in [1.82, 2.24) is 14.8 Å². The first-order valence-electron chi connectivity index (χ1n) is 10.3. The Morgan fingerprint density at radius 1 is 1.11 bits per heavy atom. The molecule has 0 unspecified atom stereocenters. The number of anilines is 1. The minimum absolute atomic E-state index is 0.115. The first-order chi connectivity index (χ1) is 16.7. The Bertz CT molecular complexity index is 1440. The topological polar surface area (TPSA) is 92.8 Å². The molecule has 0 aliphatic rings. The van der Waals surface area contributed by atoms with Crippen LogP contribution in [-0.4, -0.2) is 20.7 Å². The van der Waals surface area contributed by atoms with Gasteiger partial charge in [-0.3, -0.25) is 4.79 Å². The summed E-state index contributed by atoms with van der Waals surface area (Å²) in [5, 5.41) is 15.5. The lowest BCUT2D eigenvalue weighted by atomic mass is 10.1. The van der Waals surface area contributed by atoms with Gasteiger partial charge in [-0.2, -0.15) is 23.5 Å². The number of carbonyl (C=O) groups is 1. The molecule has 0 aliphatic carbocycles. The fourth-order valence-corrected chi connectivity index (χ4v) is 3.37. The van der Waals surface area contributed by atoms with E-state index in [1.807, 2.05) is 13.0 Å². The maximum Gasteiger partial charge on any atom is 0.434 e. The first kappa shape index (κ1) is 23.5. The molecule has 0 radical (unpaired) electrons. The summed E-state index contributed by atoms with van der Waals surface area (Å²) in [6.07, 6.45) is -2.44. The van der Waals surface area contributed by atoms with Gasteiger partial charge >= 0.3 is 6.18 Å². The summed E-state index contributed by atoms with van der Waals surface area (Å²) in [5.41, 5.74) is 0.353. The summed E-state index contributed by atoms with van der Waals surface area (Å²) in [6, 6.07) is 16.0. The Morgan fingerprint density at radius 3 is 2.51 bits per heavy atom. The van der Waals surface area contributed by atoms with Crippen LogP contribution in [0.5, 0.6) is 11.6 Å². The van der Waals surface area contributed by atoms with Gasteiger partial charge in [0, 0.05) is 11.9 Å². The van der Waals surface area contributed by atoms with Crippen molar-refractivity contribution in [3.05, 3.63) is 94.9 Å². The first-order valence-corrected chi connectivity index (χ1v) is 10.3. The highest BCUT2D eigenvalue weighted by atomic mass is 19.4. The number of benzene rings is 2. The fourth-order valence-electron chi connectivity index (χ4n) is 3.37. The number of aromatic nitrogens is 3. The SMILES string of the molecule is Cc1ccc(-n2ncc(C(=O)Nc3ccc(Oc4ncccc4C#N)cc3C)c2C(F)(F)F)cc1. The smallest absolute Gasteiger partial charge is 0.434 e. The largest absolute Gasteiger partial charge is 0.438 e. The number of alkyl halides is 3. The molecule has 0 spiro atoms. The average molecular weight is 477 g/mol. The van der Waals surface area contributed by atoms with Crippen molar-refractivity contribution < 1.29 is 22.7 Å². The zero-order valence-corrected chi connectivity index (χ0v) is 18.6. The molecule has 0 saturated carbocycles. The molecule has 0 fully saturated rings. The molecule has 0 atom stereocenters. The lowest BCUT2D eigenvalue weighted by molar-refractivity contribution is -0.143. The van der Waals surface area contributed by atoms with Gasteiger partial charge in [0.25, 0.3) is 5.91 Å². The van der Waals surface area contributed by atoms with Crippen molar-refractivity contribution in [2.75, 3.05) is 5.32 Å². The lowest BCUT2D eigenvalue weighted by Gasteiger charge is -2.14. The van der Waals surface area contributed by atoms with Gasteiger partial charge in [0.15, 0.2) is 5.69 Å². The number of nitrogens with zero attached hydrogens (tertiary/aromatic N) is 4. The number of hydrogen-bond acceptors (Lipinski definition) is 5. The molecule has 7 nitrogen and oxygen atoms in total. The van der Waals surface area contributed by atoms with Crippen LogP contribution in [0.2, 0.25) is 0 Å². The van der Waals surface area contributed by atoms with Gasteiger partial charge in [-0.1, -0.05) is 17.7 Å². The van der Waals surface area contributed by atoms with Crippen LogP contribution in [-0.2, 0) is 6.18 Å². The van der Waals surface area contributed by atoms with E-state index in [2.05, 4.69) is 15.4 Å². The van der Waals surface area contributed by atoms with E-state index >= 15 is 0 Å². The third kappa shape index (κ3) is 4.99. The summed E-state index contributed by atoms with van der Waals surface area (Å²) in [5.74, 6) is -0.493. The van der Waals surface area contributed by atoms with Gasteiger partial charge in [-0.05, 0) is 61.9 Å². The van der Waals surface area contributed by atoms with Gasteiger partial charge in [0.2, 0.25) is 5.88 Å². The summed E-state index contributed by atoms with van der Waals surface area (Å²) in [4.78, 5) is 16.9. The van der Waals surface area contributed by atoms with E-state index in [0.29, 0.717) is 21.7 Å². The second-order valence-electron chi connectivity index (χ2n) is 7.65. The van der Waals surface area contributed by atoms with Crippen LogP contribution in [0.1, 0.15) is 32.7 Å². The summed E-state index contributed by atoms with van der Waals surface area (Å²) >= 11 is 0. The molecule has 1 amide bonds. The number of hydrogen-bond donors (Lipinski definition) is 1. The van der Waals surface area contributed by atoms with Crippen molar-refractivity contribution in [3.8, 4) is 23.4 Å². The normalized spacial score (nSPS) is 11.1. The molecular weight excluding hydrogens is 459 g/mol. The Hall–Kier alpha value is -4.65. The summed E-state index contributed by atoms with van der Waals surface area (Å²) < 4.78 is 48.1. The molecule has 0 bridgehead atoms. The van der Waals surface area contributed by atoms with E-state index in [1.165, 1.54) is 30.5 Å². The summed E-state index contributed by atoms with van der Waals surface area (Å²) in [7, 11) is 0. The Morgan fingerprint density at radius 2 is 1.86 bits per heavy atom. The highest BCUT2D eigenvalue weighted by Crippen LogP contribution is 2.34. The van der Waals surface area contributed by atoms with Gasteiger partial charge in [-0.25, -0.2) is 9.67 Å². The highest BCUT2D eigenvalue weighted by Gasteiger charge is 2.40. The van der Waals surface area contributed by atoms with Gasteiger partial charge in [0.05, 0.1) is 17.4 Å². The quantitative estimate of drug-likeness (QED) is 0.391. The van der Waals surface area contributed by atoms with Gasteiger partial charge in [-0.15, -0.1) is 0 Å². The molecule has 0 saturated heterocycles. The third-order valence-electron chi connectivity index (χ3n) is 5.11. The maximum atomic E-state index is 13.9. The average Bonchev–Trinajstić information content (AvgIpc) is 3.28. The van der Waals surface area contributed by atoms with Crippen molar-refractivity contribution >= 4 is 11.6 Å².